The summed E-state index contributed by atoms with van der Waals surface area (Å²) in [7, 11) is -4.68. The molecule has 1 aromatic heterocycles. The van der Waals surface area contributed by atoms with Crippen LogP contribution in [0.2, 0.25) is 0 Å². The van der Waals surface area contributed by atoms with E-state index in [1.54, 1.807) is 15.6 Å². The van der Waals surface area contributed by atoms with Crippen LogP contribution in [0.15, 0.2) is 228 Å². The summed E-state index contributed by atoms with van der Waals surface area (Å²) < 4.78 is 2.67. The normalized spacial score (nSPS) is 14.7. The first kappa shape index (κ1) is 34.8. The number of hydrogen-bond donors (Lipinski definition) is 0. The average molecular weight is 820 g/mol. The van der Waals surface area contributed by atoms with Gasteiger partial charge in [-0.1, -0.05) is 191 Å². The third-order valence-electron chi connectivity index (χ3n) is 12.5. The highest BCUT2D eigenvalue weighted by molar-refractivity contribution is 8.00. The van der Waals surface area contributed by atoms with Crippen molar-refractivity contribution in [3.63, 3.8) is 0 Å². The fourth-order valence-corrected chi connectivity index (χ4v) is 23.7. The van der Waals surface area contributed by atoms with E-state index in [2.05, 4.69) is 223 Å². The van der Waals surface area contributed by atoms with Gasteiger partial charge < -0.3 is 4.90 Å². The lowest BCUT2D eigenvalue weighted by atomic mass is 10.0. The van der Waals surface area contributed by atoms with Crippen LogP contribution in [-0.2, 0) is 0 Å². The number of benzene rings is 9. The van der Waals surface area contributed by atoms with Crippen LogP contribution in [0, 0.1) is 0 Å². The molecule has 1 unspecified atom stereocenters. The fourth-order valence-electron chi connectivity index (χ4n) is 10.0. The third-order valence-corrected chi connectivity index (χ3v) is 24.1. The Morgan fingerprint density at radius 3 is 1.75 bits per heavy atom. The Morgan fingerprint density at radius 2 is 0.983 bits per heavy atom. The van der Waals surface area contributed by atoms with Crippen molar-refractivity contribution >= 4 is 114 Å². The summed E-state index contributed by atoms with van der Waals surface area (Å²) in [6, 6.07) is 82.8. The molecule has 1 nitrogen and oxygen atoms in total. The van der Waals surface area contributed by atoms with E-state index >= 15 is 0 Å². The molecule has 0 saturated heterocycles. The van der Waals surface area contributed by atoms with Crippen LogP contribution in [0.1, 0.15) is 0 Å². The minimum atomic E-state index is -2.81. The topological polar surface area (TPSA) is 3.24 Å². The predicted molar refractivity (Wildman–Crippen MR) is 260 cm³/mol. The standard InChI is InChI=1S/C54H37NS2Si2/c1-3-16-38(17-4-1)55(39-32-30-37(31-33-39)42-21-15-22-44-43-20-7-8-23-45(43)57-54(42)44)40-34-35-49-53(36-40)59(50-27-12-9-24-46(50)56-47-25-10-13-28-51(47)59)52-29-14-11-26-48(52)58(49)41-18-5-2-6-19-41/h1-36,58H. The maximum atomic E-state index is 2.61. The summed E-state index contributed by atoms with van der Waals surface area (Å²) in [6.45, 7) is 0. The molecule has 9 aromatic carbocycles. The van der Waals surface area contributed by atoms with Crippen molar-refractivity contribution in [3.8, 4) is 11.1 Å². The molecule has 278 valence electrons. The van der Waals surface area contributed by atoms with Crippen LogP contribution in [0.3, 0.4) is 0 Å². The molecule has 12 rings (SSSR count). The van der Waals surface area contributed by atoms with Crippen molar-refractivity contribution in [1.82, 2.24) is 0 Å². The molecule has 5 heteroatoms. The van der Waals surface area contributed by atoms with Crippen molar-refractivity contribution in [1.29, 1.82) is 0 Å². The third kappa shape index (κ3) is 5.36. The lowest BCUT2D eigenvalue weighted by molar-refractivity contribution is 1.29. The van der Waals surface area contributed by atoms with Crippen molar-refractivity contribution in [3.05, 3.63) is 218 Å². The second kappa shape index (κ2) is 14.0. The zero-order valence-corrected chi connectivity index (χ0v) is 35.9. The summed E-state index contributed by atoms with van der Waals surface area (Å²) in [6.07, 6.45) is 0. The molecule has 0 bridgehead atoms. The zero-order chi connectivity index (χ0) is 38.9. The molecular formula is C54H37NS2Si2. The van der Waals surface area contributed by atoms with E-state index in [9.17, 15) is 0 Å². The maximum absolute atomic E-state index is 2.81. The van der Waals surface area contributed by atoms with Gasteiger partial charge in [0, 0.05) is 47.0 Å². The van der Waals surface area contributed by atoms with Gasteiger partial charge in [0.25, 0.3) is 0 Å². The number of fused-ring (bicyclic) bond motifs is 11. The molecule has 0 radical (unpaired) electrons. The molecule has 2 aliphatic heterocycles. The first-order valence-corrected chi connectivity index (χ1v) is 25.7. The van der Waals surface area contributed by atoms with Gasteiger partial charge in [0.15, 0.2) is 8.07 Å². The first-order valence-electron chi connectivity index (χ1n) is 20.3. The highest BCUT2D eigenvalue weighted by atomic mass is 32.2. The summed E-state index contributed by atoms with van der Waals surface area (Å²) in [5.41, 5.74) is 6.00. The predicted octanol–water partition coefficient (Wildman–Crippen LogP) is 9.60. The van der Waals surface area contributed by atoms with Crippen molar-refractivity contribution < 1.29 is 0 Å². The van der Waals surface area contributed by atoms with Gasteiger partial charge in [-0.05, 0) is 86.5 Å². The van der Waals surface area contributed by atoms with E-state index in [0.717, 1.165) is 11.4 Å². The van der Waals surface area contributed by atoms with Crippen LogP contribution in [0.25, 0.3) is 31.3 Å². The molecule has 59 heavy (non-hydrogen) atoms. The SMILES string of the molecule is c1ccc(N(c2ccc(-c3cccc4c3sc3ccccc34)cc2)c2ccc3c(c2)[Si]2(c4ccccc4Sc4ccccc42)c2ccccc2[SiH]3c2ccccc2)cc1. The van der Waals surface area contributed by atoms with Crippen LogP contribution in [0.5, 0.6) is 0 Å². The number of anilines is 3. The second-order valence-electron chi connectivity index (χ2n) is 15.5. The molecule has 3 heterocycles. The van der Waals surface area contributed by atoms with E-state index in [0.29, 0.717) is 0 Å². The van der Waals surface area contributed by atoms with Gasteiger partial charge in [0.1, 0.15) is 8.80 Å². The molecular weight excluding hydrogens is 783 g/mol. The van der Waals surface area contributed by atoms with Gasteiger partial charge in [-0.2, -0.15) is 0 Å². The number of hydrogen-bond acceptors (Lipinski definition) is 3. The Kier molecular flexibility index (Phi) is 8.24. The first-order chi connectivity index (χ1) is 29.3. The zero-order valence-electron chi connectivity index (χ0n) is 32.1. The van der Waals surface area contributed by atoms with E-state index in [4.69, 9.17) is 0 Å². The number of thiophene rings is 1. The van der Waals surface area contributed by atoms with Crippen molar-refractivity contribution in [2.75, 3.05) is 4.90 Å². The van der Waals surface area contributed by atoms with E-state index in [1.807, 2.05) is 23.1 Å². The van der Waals surface area contributed by atoms with Gasteiger partial charge in [0.2, 0.25) is 0 Å². The lowest BCUT2D eigenvalue weighted by Gasteiger charge is -2.46. The molecule has 0 saturated carbocycles. The highest BCUT2D eigenvalue weighted by Crippen LogP contribution is 2.42. The van der Waals surface area contributed by atoms with Crippen LogP contribution < -0.4 is 41.2 Å². The maximum Gasteiger partial charge on any atom is 0.181 e. The van der Waals surface area contributed by atoms with Gasteiger partial charge >= 0.3 is 0 Å². The van der Waals surface area contributed by atoms with E-state index in [-0.39, 0.29) is 0 Å². The van der Waals surface area contributed by atoms with E-state index in [1.165, 1.54) is 67.5 Å². The van der Waals surface area contributed by atoms with Crippen LogP contribution in [0.4, 0.5) is 17.1 Å². The van der Waals surface area contributed by atoms with Crippen LogP contribution in [-0.4, -0.2) is 16.9 Å². The molecule has 0 fully saturated rings. The summed E-state index contributed by atoms with van der Waals surface area (Å²) in [5.74, 6) is 0. The monoisotopic (exact) mass is 819 g/mol. The quantitative estimate of drug-likeness (QED) is 0.159. The molecule has 0 aliphatic carbocycles. The Bertz CT molecular complexity index is 3170. The number of para-hydroxylation sites is 1. The minimum absolute atomic E-state index is 1.15. The average Bonchev–Trinajstić information content (AvgIpc) is 3.69. The minimum Gasteiger partial charge on any atom is -0.311 e. The molecule has 10 aromatic rings. The lowest BCUT2D eigenvalue weighted by Crippen LogP contribution is -2.87. The summed E-state index contributed by atoms with van der Waals surface area (Å²) in [4.78, 5) is 5.24. The Hall–Kier alpha value is -6.22. The van der Waals surface area contributed by atoms with Crippen molar-refractivity contribution in [2.24, 2.45) is 0 Å². The van der Waals surface area contributed by atoms with Gasteiger partial charge in [-0.25, -0.2) is 0 Å². The molecule has 2 aliphatic rings. The molecule has 0 N–H and O–H groups in total. The van der Waals surface area contributed by atoms with Gasteiger partial charge in [0.05, 0.1) is 0 Å². The molecule has 0 amide bonds. The Morgan fingerprint density at radius 1 is 0.407 bits per heavy atom. The summed E-state index contributed by atoms with van der Waals surface area (Å²) >= 11 is 3.83. The fraction of sp³-hybridized carbons (Fsp3) is 0. The smallest absolute Gasteiger partial charge is 0.181 e. The van der Waals surface area contributed by atoms with Gasteiger partial charge in [-0.3, -0.25) is 0 Å². The number of nitrogens with zero attached hydrogens (tertiary/aromatic N) is 1. The van der Waals surface area contributed by atoms with Crippen LogP contribution >= 0.6 is 23.1 Å². The Labute approximate surface area is 355 Å². The second-order valence-corrected chi connectivity index (χ2v) is 24.1. The number of rotatable bonds is 5. The Balaban J connectivity index is 1.10. The van der Waals surface area contributed by atoms with Crippen molar-refractivity contribution in [2.45, 2.75) is 9.79 Å². The summed E-state index contributed by atoms with van der Waals surface area (Å²) in [5, 5.41) is 13.3. The highest BCUT2D eigenvalue weighted by Gasteiger charge is 2.53. The molecule has 1 atom stereocenters. The molecule has 1 spiro atoms. The van der Waals surface area contributed by atoms with E-state index < -0.39 is 16.9 Å². The van der Waals surface area contributed by atoms with Gasteiger partial charge in [-0.15, -0.1) is 11.3 Å². The largest absolute Gasteiger partial charge is 0.311 e.